The number of ketones is 1. The second-order valence-corrected chi connectivity index (χ2v) is 5.00. The zero-order valence-electron chi connectivity index (χ0n) is 13.0. The van der Waals surface area contributed by atoms with Gasteiger partial charge < -0.3 is 10.1 Å². The first kappa shape index (κ1) is 18.7. The third-order valence-electron chi connectivity index (χ3n) is 3.28. The molecule has 0 aliphatic rings. The predicted molar refractivity (Wildman–Crippen MR) is 78.5 cm³/mol. The molecule has 1 rings (SSSR count). The van der Waals surface area contributed by atoms with Gasteiger partial charge in [-0.05, 0) is 24.1 Å². The molecule has 1 aromatic carbocycles. The summed E-state index contributed by atoms with van der Waals surface area (Å²) in [6.45, 7) is 1.71. The number of carbonyl (C=O) groups excluding carboxylic acids is 3. The molecule has 0 heterocycles. The first-order valence-corrected chi connectivity index (χ1v) is 7.20. The van der Waals surface area contributed by atoms with Gasteiger partial charge in [-0.1, -0.05) is 13.0 Å². The van der Waals surface area contributed by atoms with Gasteiger partial charge >= 0.3 is 5.97 Å². The quantitative estimate of drug-likeness (QED) is 0.741. The minimum Gasteiger partial charge on any atom is -0.467 e. The zero-order chi connectivity index (χ0) is 17.4. The summed E-state index contributed by atoms with van der Waals surface area (Å²) in [4.78, 5) is 34.9. The van der Waals surface area contributed by atoms with Crippen LogP contribution in [0.5, 0.6) is 0 Å². The van der Waals surface area contributed by atoms with Crippen LogP contribution in [0.4, 0.5) is 8.78 Å². The smallest absolute Gasteiger partial charge is 0.328 e. The number of carbonyl (C=O) groups is 3. The van der Waals surface area contributed by atoms with E-state index in [4.69, 9.17) is 0 Å². The Hall–Kier alpha value is -2.31. The van der Waals surface area contributed by atoms with Gasteiger partial charge in [0, 0.05) is 12.8 Å². The molecule has 0 radical (unpaired) electrons. The fourth-order valence-electron chi connectivity index (χ4n) is 1.95. The number of halogens is 2. The van der Waals surface area contributed by atoms with Crippen LogP contribution in [0.2, 0.25) is 0 Å². The molecule has 0 aromatic heterocycles. The van der Waals surface area contributed by atoms with Crippen molar-refractivity contribution in [3.8, 4) is 0 Å². The van der Waals surface area contributed by atoms with E-state index in [0.717, 1.165) is 12.1 Å². The van der Waals surface area contributed by atoms with Crippen molar-refractivity contribution in [2.45, 2.75) is 38.6 Å². The molecule has 7 heteroatoms. The van der Waals surface area contributed by atoms with Crippen molar-refractivity contribution in [1.82, 2.24) is 5.32 Å². The number of hydrogen-bond donors (Lipinski definition) is 1. The number of rotatable bonds is 8. The largest absolute Gasteiger partial charge is 0.467 e. The molecule has 0 unspecified atom stereocenters. The van der Waals surface area contributed by atoms with E-state index < -0.39 is 29.6 Å². The Bertz CT molecular complexity index is 589. The lowest BCUT2D eigenvalue weighted by atomic mass is 10.1. The van der Waals surface area contributed by atoms with Crippen LogP contribution in [-0.2, 0) is 25.5 Å². The Morgan fingerprint density at radius 2 is 1.91 bits per heavy atom. The lowest BCUT2D eigenvalue weighted by Crippen LogP contribution is -2.42. The van der Waals surface area contributed by atoms with Crippen LogP contribution in [0.25, 0.3) is 0 Å². The molecule has 0 bridgehead atoms. The summed E-state index contributed by atoms with van der Waals surface area (Å²) in [6, 6.07) is 2.18. The fourth-order valence-corrected chi connectivity index (χ4v) is 1.95. The van der Waals surface area contributed by atoms with E-state index >= 15 is 0 Å². The van der Waals surface area contributed by atoms with E-state index in [1.54, 1.807) is 6.92 Å². The van der Waals surface area contributed by atoms with Gasteiger partial charge in [0.15, 0.2) is 11.6 Å². The average Bonchev–Trinajstić information content (AvgIpc) is 2.53. The highest BCUT2D eigenvalue weighted by Crippen LogP contribution is 2.10. The van der Waals surface area contributed by atoms with E-state index in [0.29, 0.717) is 6.42 Å². The van der Waals surface area contributed by atoms with Gasteiger partial charge in [0.05, 0.1) is 13.5 Å². The molecule has 1 N–H and O–H groups in total. The third-order valence-corrected chi connectivity index (χ3v) is 3.28. The number of nitrogens with one attached hydrogen (secondary N) is 1. The van der Waals surface area contributed by atoms with Crippen molar-refractivity contribution in [3.63, 3.8) is 0 Å². The van der Waals surface area contributed by atoms with E-state index in [1.165, 1.54) is 13.2 Å². The minimum absolute atomic E-state index is 0.0336. The molecule has 0 spiro atoms. The molecule has 0 saturated carbocycles. The highest BCUT2D eigenvalue weighted by Gasteiger charge is 2.22. The summed E-state index contributed by atoms with van der Waals surface area (Å²) < 4.78 is 30.5. The van der Waals surface area contributed by atoms with Crippen molar-refractivity contribution in [1.29, 1.82) is 0 Å². The van der Waals surface area contributed by atoms with Crippen LogP contribution in [0.3, 0.4) is 0 Å². The van der Waals surface area contributed by atoms with Gasteiger partial charge in [-0.25, -0.2) is 13.6 Å². The summed E-state index contributed by atoms with van der Waals surface area (Å²) in [5.41, 5.74) is 0.273. The lowest BCUT2D eigenvalue weighted by molar-refractivity contribution is -0.145. The minimum atomic E-state index is -1.05. The second kappa shape index (κ2) is 8.97. The number of methoxy groups -OCH3 is 1. The van der Waals surface area contributed by atoms with Crippen molar-refractivity contribution < 1.29 is 27.9 Å². The summed E-state index contributed by atoms with van der Waals surface area (Å²) in [5, 5.41) is 2.45. The summed E-state index contributed by atoms with van der Waals surface area (Å²) in [6.07, 6.45) is 0.397. The van der Waals surface area contributed by atoms with Crippen molar-refractivity contribution in [2.24, 2.45) is 0 Å². The summed E-state index contributed by atoms with van der Waals surface area (Å²) >= 11 is 0. The predicted octanol–water partition coefficient (Wildman–Crippen LogP) is 1.92. The maximum Gasteiger partial charge on any atom is 0.328 e. The highest BCUT2D eigenvalue weighted by molar-refractivity contribution is 5.86. The molecule has 23 heavy (non-hydrogen) atoms. The van der Waals surface area contributed by atoms with E-state index in [9.17, 15) is 23.2 Å². The number of hydrogen-bond acceptors (Lipinski definition) is 4. The second-order valence-electron chi connectivity index (χ2n) is 5.00. The van der Waals surface area contributed by atoms with Crippen LogP contribution < -0.4 is 5.32 Å². The van der Waals surface area contributed by atoms with Gasteiger partial charge in [-0.2, -0.15) is 0 Å². The van der Waals surface area contributed by atoms with Gasteiger partial charge in [-0.3, -0.25) is 9.59 Å². The molecule has 1 aromatic rings. The summed E-state index contributed by atoms with van der Waals surface area (Å²) in [5.74, 6) is -3.29. The van der Waals surface area contributed by atoms with Gasteiger partial charge in [-0.15, -0.1) is 0 Å². The molecule has 5 nitrogen and oxygen atoms in total. The Morgan fingerprint density at radius 1 is 1.22 bits per heavy atom. The first-order chi connectivity index (χ1) is 10.9. The van der Waals surface area contributed by atoms with Crippen molar-refractivity contribution in [2.75, 3.05) is 7.11 Å². The SMILES string of the molecule is CCC(=O)CC[C@H](NC(=O)Cc1ccc(F)c(F)c1)C(=O)OC. The van der Waals surface area contributed by atoms with Crippen molar-refractivity contribution >= 4 is 17.7 Å². The lowest BCUT2D eigenvalue weighted by Gasteiger charge is -2.16. The topological polar surface area (TPSA) is 72.5 Å². The molecule has 126 valence electrons. The monoisotopic (exact) mass is 327 g/mol. The zero-order valence-corrected chi connectivity index (χ0v) is 13.0. The Labute approximate surface area is 133 Å². The maximum absolute atomic E-state index is 13.1. The van der Waals surface area contributed by atoms with Gasteiger partial charge in [0.2, 0.25) is 5.91 Å². The third kappa shape index (κ3) is 6.14. The summed E-state index contributed by atoms with van der Waals surface area (Å²) in [7, 11) is 1.18. The molecule has 0 saturated heterocycles. The highest BCUT2D eigenvalue weighted by atomic mass is 19.2. The van der Waals surface area contributed by atoms with E-state index in [-0.39, 0.29) is 30.6 Å². The van der Waals surface area contributed by atoms with Crippen molar-refractivity contribution in [3.05, 3.63) is 35.4 Å². The molecular formula is C16H19F2NO4. The molecule has 0 aliphatic carbocycles. The molecule has 0 aliphatic heterocycles. The van der Waals surface area contributed by atoms with Crippen LogP contribution in [-0.4, -0.2) is 30.8 Å². The molecular weight excluding hydrogens is 308 g/mol. The number of Topliss-reactive ketones (excluding diaryl/α,β-unsaturated/α-hetero) is 1. The number of esters is 1. The Kier molecular flexibility index (Phi) is 7.31. The Morgan fingerprint density at radius 3 is 2.48 bits per heavy atom. The number of benzene rings is 1. The number of amides is 1. The van der Waals surface area contributed by atoms with Crippen LogP contribution in [0.15, 0.2) is 18.2 Å². The Balaban J connectivity index is 2.66. The molecule has 0 fully saturated rings. The number of ether oxygens (including phenoxy) is 1. The van der Waals surface area contributed by atoms with Crippen LogP contribution in [0, 0.1) is 11.6 Å². The maximum atomic E-state index is 13.1. The average molecular weight is 327 g/mol. The van der Waals surface area contributed by atoms with Gasteiger partial charge in [0.25, 0.3) is 0 Å². The molecule has 1 amide bonds. The fraction of sp³-hybridized carbons (Fsp3) is 0.438. The van der Waals surface area contributed by atoms with Crippen LogP contribution in [0.1, 0.15) is 31.7 Å². The van der Waals surface area contributed by atoms with Gasteiger partial charge in [0.1, 0.15) is 11.8 Å². The van der Waals surface area contributed by atoms with E-state index in [2.05, 4.69) is 10.1 Å². The standard InChI is InChI=1S/C16H19F2NO4/c1-3-11(20)5-7-14(16(22)23-2)19-15(21)9-10-4-6-12(17)13(18)8-10/h4,6,8,14H,3,5,7,9H2,1-2H3,(H,19,21)/t14-/m0/s1. The van der Waals surface area contributed by atoms with Crippen LogP contribution >= 0.6 is 0 Å². The van der Waals surface area contributed by atoms with E-state index in [1.807, 2.05) is 0 Å². The first-order valence-electron chi connectivity index (χ1n) is 7.20. The normalized spacial score (nSPS) is 11.7. The molecule has 1 atom stereocenters.